The summed E-state index contributed by atoms with van der Waals surface area (Å²) in [5.41, 5.74) is 6.16. The average Bonchev–Trinajstić information content (AvgIpc) is 3.14. The van der Waals surface area contributed by atoms with Crippen LogP contribution in [0.25, 0.3) is 11.1 Å². The zero-order valence-corrected chi connectivity index (χ0v) is 16.1. The molecule has 0 unspecified atom stereocenters. The van der Waals surface area contributed by atoms with Crippen molar-refractivity contribution in [1.29, 1.82) is 0 Å². The Bertz CT molecular complexity index is 1170. The van der Waals surface area contributed by atoms with Crippen LogP contribution in [-0.2, 0) is 21.4 Å². The molecule has 1 aromatic carbocycles. The van der Waals surface area contributed by atoms with Gasteiger partial charge in [-0.2, -0.15) is 0 Å². The average molecular weight is 401 g/mol. The lowest BCUT2D eigenvalue weighted by Crippen LogP contribution is -2.48. The van der Waals surface area contributed by atoms with Crippen molar-refractivity contribution in [2.45, 2.75) is 44.2 Å². The summed E-state index contributed by atoms with van der Waals surface area (Å²) in [7, 11) is -2.50. The Hall–Kier alpha value is -2.47. The van der Waals surface area contributed by atoms with Crippen molar-refractivity contribution in [2.24, 2.45) is 22.1 Å². The van der Waals surface area contributed by atoms with Crippen LogP contribution >= 0.6 is 0 Å². The summed E-state index contributed by atoms with van der Waals surface area (Å²) >= 11 is 0. The van der Waals surface area contributed by atoms with Crippen LogP contribution in [0.2, 0.25) is 0 Å². The number of halogens is 1. The van der Waals surface area contributed by atoms with Gasteiger partial charge in [0.25, 0.3) is 6.02 Å². The molecule has 3 aliphatic rings. The van der Waals surface area contributed by atoms with Crippen molar-refractivity contribution in [3.63, 3.8) is 0 Å². The van der Waals surface area contributed by atoms with Crippen molar-refractivity contribution >= 4 is 6.02 Å². The largest absolute Gasteiger partial charge is 0.462 e. The molecular weight excluding hydrogens is 369 g/mol. The van der Waals surface area contributed by atoms with Gasteiger partial charge in [0, 0.05) is 30.4 Å². The summed E-state index contributed by atoms with van der Waals surface area (Å²) < 4.78 is 65.6. The van der Waals surface area contributed by atoms with Gasteiger partial charge in [0.1, 0.15) is 17.9 Å². The minimum absolute atomic E-state index is 0.163. The molecule has 0 saturated heterocycles. The van der Waals surface area contributed by atoms with Crippen LogP contribution in [0.3, 0.4) is 0 Å². The molecule has 2 N–H and O–H groups in total. The number of pyridine rings is 1. The highest BCUT2D eigenvalue weighted by molar-refractivity contribution is 5.76. The first kappa shape index (κ1) is 13.7. The molecule has 6 heteroatoms. The Balaban J connectivity index is 1.63. The number of benzene rings is 1. The van der Waals surface area contributed by atoms with Crippen molar-refractivity contribution in [1.82, 2.24) is 4.98 Å². The molecule has 1 saturated carbocycles. The molecule has 2 heterocycles. The number of fused-ring (bicyclic) bond motifs is 3. The number of amidine groups is 1. The quantitative estimate of drug-likeness (QED) is 0.832. The van der Waals surface area contributed by atoms with E-state index in [1.165, 1.54) is 18.5 Å². The van der Waals surface area contributed by atoms with Crippen LogP contribution in [0.15, 0.2) is 41.7 Å². The molecule has 2 aromatic rings. The van der Waals surface area contributed by atoms with Crippen LogP contribution in [0, 0.1) is 17.2 Å². The summed E-state index contributed by atoms with van der Waals surface area (Å²) in [6.45, 7) is -0.325. The Labute approximate surface area is 177 Å². The van der Waals surface area contributed by atoms with Crippen molar-refractivity contribution in [3.05, 3.63) is 53.6 Å². The predicted molar refractivity (Wildman–Crippen MR) is 109 cm³/mol. The third-order valence-electron chi connectivity index (χ3n) is 6.86. The van der Waals surface area contributed by atoms with E-state index in [-0.39, 0.29) is 11.9 Å². The van der Waals surface area contributed by atoms with E-state index < -0.39 is 36.5 Å². The first-order valence-corrected chi connectivity index (χ1v) is 9.83. The minimum Gasteiger partial charge on any atom is -0.462 e. The Kier molecular flexibility index (Phi) is 3.08. The van der Waals surface area contributed by atoms with Crippen LogP contribution in [-0.4, -0.2) is 30.7 Å². The lowest BCUT2D eigenvalue weighted by molar-refractivity contribution is -0.0445. The Morgan fingerprint density at radius 1 is 1.41 bits per heavy atom. The number of methoxy groups -OCH3 is 1. The van der Waals surface area contributed by atoms with Crippen LogP contribution < -0.4 is 5.73 Å². The third kappa shape index (κ3) is 2.61. The number of nitrogens with zero attached hydrogens (tertiary/aromatic N) is 2. The fourth-order valence-corrected chi connectivity index (χ4v) is 5.50. The smallest absolute Gasteiger partial charge is 0.283 e. The zero-order chi connectivity index (χ0) is 24.5. The SMILES string of the molecule is [2H]C([2H])([2H])O[C@H]1CC[C@@]2(Cc3ccc(-c4cnccc4F)cc3[C@]23N=C(N)OC3([2H])[2H])C[C@@H]1C. The van der Waals surface area contributed by atoms with Gasteiger partial charge < -0.3 is 15.2 Å². The molecule has 2 aliphatic carbocycles. The van der Waals surface area contributed by atoms with Gasteiger partial charge in [0.05, 0.1) is 13.0 Å². The molecule has 1 fully saturated rings. The zero-order valence-electron chi connectivity index (χ0n) is 21.1. The standard InChI is InChI=1S/C23H26FN3O2/c1-14-10-22(7-5-20(14)28-2)11-16-4-3-15(17-12-26-8-6-19(17)24)9-18(16)23(22)13-29-21(25)27-23/h3-4,6,8-9,12,14,20H,5,7,10-11,13H2,1-2H3,(H2,25,27)/t14-,20-,22-,23-/m0/s1/i2D3,13D2. The predicted octanol–water partition coefficient (Wildman–Crippen LogP) is 3.81. The van der Waals surface area contributed by atoms with E-state index in [1.54, 1.807) is 12.1 Å². The third-order valence-corrected chi connectivity index (χ3v) is 6.86. The van der Waals surface area contributed by atoms with Gasteiger partial charge in [0.2, 0.25) is 0 Å². The maximum atomic E-state index is 14.5. The van der Waals surface area contributed by atoms with E-state index >= 15 is 0 Å². The van der Waals surface area contributed by atoms with Gasteiger partial charge in [0.15, 0.2) is 0 Å². The van der Waals surface area contributed by atoms with Gasteiger partial charge in [-0.25, -0.2) is 9.38 Å². The van der Waals surface area contributed by atoms with Crippen molar-refractivity contribution < 1.29 is 20.7 Å². The van der Waals surface area contributed by atoms with Gasteiger partial charge in [-0.05, 0) is 60.4 Å². The van der Waals surface area contributed by atoms with E-state index in [1.807, 2.05) is 13.0 Å². The van der Waals surface area contributed by atoms with Crippen LogP contribution in [0.1, 0.15) is 44.2 Å². The summed E-state index contributed by atoms with van der Waals surface area (Å²) in [5.74, 6) is -0.593. The topological polar surface area (TPSA) is 69.7 Å². The molecule has 5 rings (SSSR count). The molecule has 0 amide bonds. The Morgan fingerprint density at radius 3 is 3.03 bits per heavy atom. The van der Waals surface area contributed by atoms with Gasteiger partial charge >= 0.3 is 0 Å². The molecule has 29 heavy (non-hydrogen) atoms. The summed E-state index contributed by atoms with van der Waals surface area (Å²) in [5, 5.41) is 0. The van der Waals surface area contributed by atoms with Gasteiger partial charge in [-0.15, -0.1) is 0 Å². The fraction of sp³-hybridized carbons (Fsp3) is 0.478. The van der Waals surface area contributed by atoms with E-state index in [4.69, 9.17) is 22.1 Å². The molecule has 2 spiro atoms. The summed E-state index contributed by atoms with van der Waals surface area (Å²) in [4.78, 5) is 8.65. The number of aromatic nitrogens is 1. The van der Waals surface area contributed by atoms with Gasteiger partial charge in [-0.1, -0.05) is 19.1 Å². The summed E-state index contributed by atoms with van der Waals surface area (Å²) in [6, 6.07) is 6.49. The molecule has 0 radical (unpaired) electrons. The molecule has 0 bridgehead atoms. The number of nitrogens with two attached hydrogens (primary N) is 1. The molecule has 4 atom stereocenters. The molecular formula is C23H26FN3O2. The number of hydrogen-bond donors (Lipinski definition) is 1. The first-order chi connectivity index (χ1) is 15.9. The minimum atomic E-state index is -2.50. The number of ether oxygens (including phenoxy) is 2. The van der Waals surface area contributed by atoms with E-state index in [2.05, 4.69) is 9.98 Å². The highest BCUT2D eigenvalue weighted by Gasteiger charge is 2.62. The second-order valence-corrected chi connectivity index (χ2v) is 8.43. The lowest BCUT2D eigenvalue weighted by Gasteiger charge is -2.47. The second kappa shape index (κ2) is 6.52. The highest BCUT2D eigenvalue weighted by Crippen LogP contribution is 2.62. The van der Waals surface area contributed by atoms with Crippen molar-refractivity contribution in [3.8, 4) is 11.1 Å². The molecule has 152 valence electrons. The van der Waals surface area contributed by atoms with Crippen LogP contribution in [0.5, 0.6) is 0 Å². The van der Waals surface area contributed by atoms with E-state index in [0.29, 0.717) is 42.4 Å². The van der Waals surface area contributed by atoms with E-state index in [0.717, 1.165) is 5.56 Å². The Morgan fingerprint density at radius 2 is 2.31 bits per heavy atom. The first-order valence-electron chi connectivity index (χ1n) is 12.3. The molecule has 5 nitrogen and oxygen atoms in total. The lowest BCUT2D eigenvalue weighted by atomic mass is 9.59. The van der Waals surface area contributed by atoms with E-state index in [9.17, 15) is 4.39 Å². The molecule has 1 aliphatic heterocycles. The highest BCUT2D eigenvalue weighted by atomic mass is 19.1. The number of hydrogen-bond acceptors (Lipinski definition) is 5. The number of rotatable bonds is 2. The van der Waals surface area contributed by atoms with Crippen LogP contribution in [0.4, 0.5) is 4.39 Å². The van der Waals surface area contributed by atoms with Gasteiger partial charge in [-0.3, -0.25) is 4.98 Å². The summed E-state index contributed by atoms with van der Waals surface area (Å²) in [6.07, 6.45) is 4.23. The van der Waals surface area contributed by atoms with Crippen molar-refractivity contribution in [2.75, 3.05) is 13.6 Å². The monoisotopic (exact) mass is 400 g/mol. The fourth-order valence-electron chi connectivity index (χ4n) is 5.50. The normalized spacial score (nSPS) is 37.7. The maximum Gasteiger partial charge on any atom is 0.283 e. The number of aliphatic imine (C=N–C) groups is 1. The maximum absolute atomic E-state index is 14.5. The molecule has 1 aromatic heterocycles. The second-order valence-electron chi connectivity index (χ2n) is 8.43.